The highest BCUT2D eigenvalue weighted by molar-refractivity contribution is 5.61. The molecule has 0 bridgehead atoms. The minimum Gasteiger partial charge on any atom is -0.493 e. The minimum atomic E-state index is -0.257. The van der Waals surface area contributed by atoms with Crippen molar-refractivity contribution in [1.82, 2.24) is 0 Å². The zero-order valence-corrected chi connectivity index (χ0v) is 14.3. The molecule has 0 saturated carbocycles. The lowest BCUT2D eigenvalue weighted by molar-refractivity contribution is 0.354. The summed E-state index contributed by atoms with van der Waals surface area (Å²) in [6.07, 6.45) is 0. The van der Waals surface area contributed by atoms with E-state index in [9.17, 15) is 0 Å². The largest absolute Gasteiger partial charge is 0.493 e. The second-order valence-electron chi connectivity index (χ2n) is 5.67. The third-order valence-corrected chi connectivity index (χ3v) is 3.99. The van der Waals surface area contributed by atoms with Crippen LogP contribution in [0.3, 0.4) is 0 Å². The van der Waals surface area contributed by atoms with E-state index in [4.69, 9.17) is 24.0 Å². The van der Waals surface area contributed by atoms with Gasteiger partial charge in [0.1, 0.15) is 29.0 Å². The molecule has 2 heterocycles. The Labute approximate surface area is 141 Å². The second kappa shape index (κ2) is 6.35. The van der Waals surface area contributed by atoms with Crippen LogP contribution in [0.15, 0.2) is 45.2 Å². The molecule has 0 aliphatic heterocycles. The molecule has 0 unspecified atom stereocenters. The summed E-state index contributed by atoms with van der Waals surface area (Å²) in [6.45, 7) is 3.82. The Kier molecular flexibility index (Phi) is 4.25. The number of rotatable bonds is 5. The zero-order valence-electron chi connectivity index (χ0n) is 14.3. The van der Waals surface area contributed by atoms with Gasteiger partial charge < -0.3 is 24.0 Å². The van der Waals surface area contributed by atoms with Crippen molar-refractivity contribution >= 4 is 5.69 Å². The lowest BCUT2D eigenvalue weighted by Crippen LogP contribution is -2.06. The number of hydrogen-bond acceptors (Lipinski definition) is 5. The molecular formula is C19H21NO4. The molecule has 3 aromatic rings. The van der Waals surface area contributed by atoms with Crippen molar-refractivity contribution in [2.24, 2.45) is 0 Å². The maximum absolute atomic E-state index is 6.29. The molecule has 0 atom stereocenters. The quantitative estimate of drug-likeness (QED) is 0.709. The molecule has 5 heteroatoms. The Morgan fingerprint density at radius 1 is 0.833 bits per heavy atom. The van der Waals surface area contributed by atoms with Gasteiger partial charge in [0.2, 0.25) is 0 Å². The molecule has 0 aliphatic carbocycles. The van der Waals surface area contributed by atoms with Gasteiger partial charge in [-0.05, 0) is 49.7 Å². The van der Waals surface area contributed by atoms with Gasteiger partial charge in [-0.25, -0.2) is 0 Å². The number of ether oxygens (including phenoxy) is 2. The van der Waals surface area contributed by atoms with Gasteiger partial charge in [0.05, 0.1) is 14.2 Å². The van der Waals surface area contributed by atoms with Gasteiger partial charge >= 0.3 is 0 Å². The van der Waals surface area contributed by atoms with Gasteiger partial charge in [0.25, 0.3) is 0 Å². The van der Waals surface area contributed by atoms with Gasteiger partial charge in [0.15, 0.2) is 11.5 Å². The van der Waals surface area contributed by atoms with Crippen LogP contribution in [0.2, 0.25) is 0 Å². The lowest BCUT2D eigenvalue weighted by atomic mass is 9.92. The van der Waals surface area contributed by atoms with Gasteiger partial charge in [-0.3, -0.25) is 0 Å². The van der Waals surface area contributed by atoms with Crippen LogP contribution >= 0.6 is 0 Å². The number of nitrogen functional groups attached to an aromatic ring is 1. The average Bonchev–Trinajstić information content (AvgIpc) is 3.18. The SMILES string of the molecule is COc1cc(N)c(C(c2ccc(C)o2)c2ccc(C)o2)cc1OC. The molecular weight excluding hydrogens is 306 g/mol. The molecule has 5 nitrogen and oxygen atoms in total. The lowest BCUT2D eigenvalue weighted by Gasteiger charge is -2.18. The van der Waals surface area contributed by atoms with Crippen molar-refractivity contribution in [3.05, 3.63) is 65.0 Å². The first kappa shape index (κ1) is 16.1. The molecule has 1 aromatic carbocycles. The van der Waals surface area contributed by atoms with Crippen LogP contribution in [0, 0.1) is 13.8 Å². The summed E-state index contributed by atoms with van der Waals surface area (Å²) in [5, 5.41) is 0. The molecule has 24 heavy (non-hydrogen) atoms. The summed E-state index contributed by atoms with van der Waals surface area (Å²) in [4.78, 5) is 0. The van der Waals surface area contributed by atoms with E-state index in [1.165, 1.54) is 0 Å². The number of benzene rings is 1. The van der Waals surface area contributed by atoms with Crippen LogP contribution in [0.25, 0.3) is 0 Å². The van der Waals surface area contributed by atoms with Crippen LogP contribution in [-0.4, -0.2) is 14.2 Å². The molecule has 0 radical (unpaired) electrons. The van der Waals surface area contributed by atoms with Crippen LogP contribution in [0.4, 0.5) is 5.69 Å². The predicted molar refractivity (Wildman–Crippen MR) is 91.8 cm³/mol. The second-order valence-corrected chi connectivity index (χ2v) is 5.67. The van der Waals surface area contributed by atoms with Gasteiger partial charge in [0, 0.05) is 11.8 Å². The number of anilines is 1. The van der Waals surface area contributed by atoms with E-state index in [1.807, 2.05) is 44.2 Å². The van der Waals surface area contributed by atoms with E-state index >= 15 is 0 Å². The molecule has 0 saturated heterocycles. The fraction of sp³-hybridized carbons (Fsp3) is 0.263. The van der Waals surface area contributed by atoms with Crippen molar-refractivity contribution in [1.29, 1.82) is 0 Å². The predicted octanol–water partition coefficient (Wildman–Crippen LogP) is 4.27. The third-order valence-electron chi connectivity index (χ3n) is 3.99. The summed E-state index contributed by atoms with van der Waals surface area (Å²) in [5.74, 6) is 4.13. The number of hydrogen-bond donors (Lipinski definition) is 1. The van der Waals surface area contributed by atoms with E-state index in [0.717, 1.165) is 28.6 Å². The zero-order chi connectivity index (χ0) is 17.3. The monoisotopic (exact) mass is 327 g/mol. The highest BCUT2D eigenvalue weighted by Crippen LogP contribution is 2.41. The Morgan fingerprint density at radius 3 is 1.75 bits per heavy atom. The van der Waals surface area contributed by atoms with Gasteiger partial charge in [-0.15, -0.1) is 0 Å². The fourth-order valence-corrected chi connectivity index (χ4v) is 2.82. The molecule has 0 spiro atoms. The smallest absolute Gasteiger partial charge is 0.162 e. The number of methoxy groups -OCH3 is 2. The van der Waals surface area contributed by atoms with Crippen molar-refractivity contribution in [3.8, 4) is 11.5 Å². The maximum Gasteiger partial charge on any atom is 0.162 e. The van der Waals surface area contributed by atoms with E-state index in [-0.39, 0.29) is 5.92 Å². The van der Waals surface area contributed by atoms with Crippen molar-refractivity contribution in [2.75, 3.05) is 20.0 Å². The molecule has 126 valence electrons. The normalized spacial score (nSPS) is 11.0. The Bertz CT molecular complexity index is 807. The molecule has 0 aliphatic rings. The first-order valence-electron chi connectivity index (χ1n) is 7.67. The molecule has 3 rings (SSSR count). The van der Waals surface area contributed by atoms with E-state index in [0.29, 0.717) is 17.2 Å². The summed E-state index contributed by atoms with van der Waals surface area (Å²) < 4.78 is 22.5. The van der Waals surface area contributed by atoms with Crippen LogP contribution in [-0.2, 0) is 0 Å². The van der Waals surface area contributed by atoms with Crippen LogP contribution in [0.5, 0.6) is 11.5 Å². The molecule has 0 amide bonds. The first-order chi connectivity index (χ1) is 11.5. The van der Waals surface area contributed by atoms with E-state index in [1.54, 1.807) is 20.3 Å². The number of nitrogens with two attached hydrogens (primary N) is 1. The van der Waals surface area contributed by atoms with E-state index in [2.05, 4.69) is 0 Å². The van der Waals surface area contributed by atoms with Crippen molar-refractivity contribution < 1.29 is 18.3 Å². The van der Waals surface area contributed by atoms with Crippen LogP contribution in [0.1, 0.15) is 34.5 Å². The molecule has 2 N–H and O–H groups in total. The minimum absolute atomic E-state index is 0.257. The summed E-state index contributed by atoms with van der Waals surface area (Å²) in [6, 6.07) is 11.4. The van der Waals surface area contributed by atoms with Crippen LogP contribution < -0.4 is 15.2 Å². The summed E-state index contributed by atoms with van der Waals surface area (Å²) in [7, 11) is 3.18. The van der Waals surface area contributed by atoms with Crippen molar-refractivity contribution in [2.45, 2.75) is 19.8 Å². The van der Waals surface area contributed by atoms with Gasteiger partial charge in [-0.1, -0.05) is 0 Å². The summed E-state index contributed by atoms with van der Waals surface area (Å²) >= 11 is 0. The molecule has 2 aromatic heterocycles. The fourth-order valence-electron chi connectivity index (χ4n) is 2.82. The summed E-state index contributed by atoms with van der Waals surface area (Å²) in [5.41, 5.74) is 7.72. The maximum atomic E-state index is 6.29. The first-order valence-corrected chi connectivity index (χ1v) is 7.67. The Balaban J connectivity index is 2.19. The van der Waals surface area contributed by atoms with E-state index < -0.39 is 0 Å². The topological polar surface area (TPSA) is 70.8 Å². The Morgan fingerprint density at radius 2 is 1.33 bits per heavy atom. The third kappa shape index (κ3) is 2.85. The average molecular weight is 327 g/mol. The highest BCUT2D eigenvalue weighted by Gasteiger charge is 2.27. The number of aryl methyl sites for hydroxylation is 2. The van der Waals surface area contributed by atoms with Gasteiger partial charge in [-0.2, -0.15) is 0 Å². The van der Waals surface area contributed by atoms with Crippen molar-refractivity contribution in [3.63, 3.8) is 0 Å². The molecule has 0 fully saturated rings. The Hall–Kier alpha value is -2.82. The highest BCUT2D eigenvalue weighted by atomic mass is 16.5. The number of furan rings is 2. The standard InChI is InChI=1S/C19H21NO4/c1-11-5-7-15(23-11)19(16-8-6-12(2)24-16)13-9-17(21-3)18(22-4)10-14(13)20/h5-10,19H,20H2,1-4H3.